The zero-order valence-corrected chi connectivity index (χ0v) is 22.0. The minimum atomic E-state index is -1.12. The average molecular weight is 551 g/mol. The van der Waals surface area contributed by atoms with Crippen molar-refractivity contribution >= 4 is 39.9 Å². The molecule has 0 bridgehead atoms. The monoisotopic (exact) mass is 550 g/mol. The van der Waals surface area contributed by atoms with Crippen LogP contribution in [-0.4, -0.2) is 58.3 Å². The van der Waals surface area contributed by atoms with Crippen LogP contribution in [0.3, 0.4) is 0 Å². The molecule has 11 heteroatoms. The molecular formula is C26H29ClF2N4O3S. The predicted molar refractivity (Wildman–Crippen MR) is 140 cm³/mol. The normalized spacial score (nSPS) is 20.2. The molecule has 3 aromatic rings. The number of hydrogen-bond donors (Lipinski definition) is 2. The number of rotatable bonds is 11. The van der Waals surface area contributed by atoms with Crippen molar-refractivity contribution in [2.24, 2.45) is 5.41 Å². The summed E-state index contributed by atoms with van der Waals surface area (Å²) in [5.74, 6) is -1.46. The van der Waals surface area contributed by atoms with Gasteiger partial charge in [-0.2, -0.15) is 0 Å². The van der Waals surface area contributed by atoms with Gasteiger partial charge in [0.15, 0.2) is 5.13 Å². The molecule has 0 spiro atoms. The number of benzene rings is 1. The van der Waals surface area contributed by atoms with Crippen molar-refractivity contribution < 1.29 is 23.4 Å². The van der Waals surface area contributed by atoms with Crippen LogP contribution in [0, 0.1) is 17.0 Å². The van der Waals surface area contributed by atoms with Gasteiger partial charge >= 0.3 is 5.97 Å². The summed E-state index contributed by atoms with van der Waals surface area (Å²) in [4.78, 5) is 23.1. The number of ether oxygens (including phenoxy) is 1. The SMILES string of the molecule is CC1CC(Cc2nc(Nc3nccs3)ccc2F)(C(=O)O)CCN1CCOCCc1cccc(Cl)c1F. The molecule has 0 radical (unpaired) electrons. The van der Waals surface area contributed by atoms with E-state index in [0.29, 0.717) is 62.1 Å². The van der Waals surface area contributed by atoms with E-state index in [2.05, 4.69) is 20.2 Å². The van der Waals surface area contributed by atoms with Crippen LogP contribution in [0.15, 0.2) is 41.9 Å². The minimum absolute atomic E-state index is 0.00142. The molecule has 7 nitrogen and oxygen atoms in total. The first-order valence-electron chi connectivity index (χ1n) is 12.1. The molecule has 1 aliphatic rings. The molecule has 0 aliphatic carbocycles. The van der Waals surface area contributed by atoms with E-state index in [0.717, 1.165) is 0 Å². The molecule has 198 valence electrons. The van der Waals surface area contributed by atoms with Crippen molar-refractivity contribution in [1.29, 1.82) is 0 Å². The first-order valence-corrected chi connectivity index (χ1v) is 13.3. The molecular weight excluding hydrogens is 522 g/mol. The largest absolute Gasteiger partial charge is 0.481 e. The molecule has 1 aromatic carbocycles. The predicted octanol–water partition coefficient (Wildman–Crippen LogP) is 5.57. The Kier molecular flexibility index (Phi) is 9.07. The summed E-state index contributed by atoms with van der Waals surface area (Å²) >= 11 is 7.21. The van der Waals surface area contributed by atoms with Gasteiger partial charge in [-0.05, 0) is 56.5 Å². The number of aliphatic carboxylic acids is 1. The number of carbonyl (C=O) groups is 1. The van der Waals surface area contributed by atoms with Crippen LogP contribution in [0.2, 0.25) is 5.02 Å². The molecule has 2 atom stereocenters. The maximum atomic E-state index is 14.7. The minimum Gasteiger partial charge on any atom is -0.481 e. The highest BCUT2D eigenvalue weighted by molar-refractivity contribution is 7.13. The van der Waals surface area contributed by atoms with Crippen LogP contribution in [-0.2, 0) is 22.4 Å². The van der Waals surface area contributed by atoms with E-state index in [1.165, 1.54) is 29.5 Å². The number of hydrogen-bond acceptors (Lipinski definition) is 7. The molecule has 3 heterocycles. The van der Waals surface area contributed by atoms with E-state index >= 15 is 0 Å². The van der Waals surface area contributed by atoms with Gasteiger partial charge in [0, 0.05) is 30.6 Å². The number of thiazole rings is 1. The number of aromatic nitrogens is 2. The Balaban J connectivity index is 1.32. The van der Waals surface area contributed by atoms with E-state index in [-0.39, 0.29) is 23.2 Å². The maximum absolute atomic E-state index is 14.7. The Morgan fingerprint density at radius 3 is 2.89 bits per heavy atom. The highest BCUT2D eigenvalue weighted by Gasteiger charge is 2.45. The van der Waals surface area contributed by atoms with Crippen molar-refractivity contribution in [2.75, 3.05) is 31.6 Å². The highest BCUT2D eigenvalue weighted by atomic mass is 35.5. The van der Waals surface area contributed by atoms with Gasteiger partial charge in [-0.1, -0.05) is 23.7 Å². The number of halogens is 3. The Morgan fingerprint density at radius 2 is 2.16 bits per heavy atom. The number of likely N-dealkylation sites (tertiary alicyclic amines) is 1. The lowest BCUT2D eigenvalue weighted by Crippen LogP contribution is -2.51. The number of nitrogens with zero attached hydrogens (tertiary/aromatic N) is 3. The third kappa shape index (κ3) is 6.81. The Bertz CT molecular complexity index is 1220. The standard InChI is InChI=1S/C26H29ClF2N4O3S/c1-17-15-26(24(34)35,16-21-20(28)5-6-22(31-21)32-25-30-9-14-37-25)8-10-33(17)11-13-36-12-7-18-3-2-4-19(27)23(18)29/h2-6,9,14,17H,7-8,10-13,15-16H2,1H3,(H,34,35)(H,30,31,32). The van der Waals surface area contributed by atoms with Gasteiger partial charge in [0.05, 0.1) is 29.3 Å². The summed E-state index contributed by atoms with van der Waals surface area (Å²) in [7, 11) is 0. The van der Waals surface area contributed by atoms with Crippen molar-refractivity contribution in [3.05, 3.63) is 69.8 Å². The summed E-state index contributed by atoms with van der Waals surface area (Å²) in [5.41, 5.74) is -0.479. The van der Waals surface area contributed by atoms with E-state index in [1.54, 1.807) is 18.3 Å². The molecule has 4 rings (SSSR count). The quantitative estimate of drug-likeness (QED) is 0.302. The van der Waals surface area contributed by atoms with Gasteiger partial charge in [-0.15, -0.1) is 11.3 Å². The third-order valence-corrected chi connectivity index (χ3v) is 7.78. The Labute approximate surface area is 223 Å². The molecule has 2 unspecified atom stereocenters. The lowest BCUT2D eigenvalue weighted by Gasteiger charge is -2.43. The Morgan fingerprint density at radius 1 is 1.32 bits per heavy atom. The zero-order valence-electron chi connectivity index (χ0n) is 20.4. The average Bonchev–Trinajstić information content (AvgIpc) is 3.38. The van der Waals surface area contributed by atoms with E-state index in [4.69, 9.17) is 16.3 Å². The van der Waals surface area contributed by atoms with Crippen LogP contribution in [0.25, 0.3) is 0 Å². The third-order valence-electron chi connectivity index (χ3n) is 6.80. The number of carboxylic acids is 1. The van der Waals surface area contributed by atoms with Gasteiger partial charge in [0.25, 0.3) is 0 Å². The second-order valence-corrected chi connectivity index (χ2v) is 10.6. The van der Waals surface area contributed by atoms with Gasteiger partial charge in [-0.25, -0.2) is 18.7 Å². The fraction of sp³-hybridized carbons (Fsp3) is 0.423. The summed E-state index contributed by atoms with van der Waals surface area (Å²) in [5, 5.41) is 15.7. The summed E-state index contributed by atoms with van der Waals surface area (Å²) in [6.07, 6.45) is 2.80. The first-order chi connectivity index (χ1) is 17.8. The molecule has 1 saturated heterocycles. The molecule has 2 N–H and O–H groups in total. The lowest BCUT2D eigenvalue weighted by molar-refractivity contribution is -0.153. The molecule has 1 aliphatic heterocycles. The summed E-state index contributed by atoms with van der Waals surface area (Å²) < 4.78 is 34.4. The van der Waals surface area contributed by atoms with Crippen LogP contribution < -0.4 is 5.32 Å². The molecule has 1 fully saturated rings. The second kappa shape index (κ2) is 12.3. The van der Waals surface area contributed by atoms with Crippen molar-refractivity contribution in [1.82, 2.24) is 14.9 Å². The molecule has 2 aromatic heterocycles. The number of carboxylic acid groups (broad SMARTS) is 1. The lowest BCUT2D eigenvalue weighted by atomic mass is 9.72. The van der Waals surface area contributed by atoms with Crippen LogP contribution >= 0.6 is 22.9 Å². The van der Waals surface area contributed by atoms with Gasteiger partial charge in [0.2, 0.25) is 0 Å². The summed E-state index contributed by atoms with van der Waals surface area (Å²) in [6.45, 7) is 3.93. The highest BCUT2D eigenvalue weighted by Crippen LogP contribution is 2.39. The van der Waals surface area contributed by atoms with Gasteiger partial charge in [0.1, 0.15) is 17.5 Å². The first kappa shape index (κ1) is 27.4. The fourth-order valence-corrected chi connectivity index (χ4v) is 5.47. The zero-order chi connectivity index (χ0) is 26.4. The molecule has 0 amide bonds. The van der Waals surface area contributed by atoms with E-state index in [9.17, 15) is 18.7 Å². The van der Waals surface area contributed by atoms with E-state index in [1.807, 2.05) is 12.3 Å². The second-order valence-electron chi connectivity index (χ2n) is 9.26. The van der Waals surface area contributed by atoms with Crippen molar-refractivity contribution in [3.63, 3.8) is 0 Å². The fourth-order valence-electron chi connectivity index (χ4n) is 4.74. The Hall–Kier alpha value is -2.66. The molecule has 0 saturated carbocycles. The number of pyridine rings is 1. The van der Waals surface area contributed by atoms with Gasteiger partial charge in [-0.3, -0.25) is 9.69 Å². The topological polar surface area (TPSA) is 87.6 Å². The van der Waals surface area contributed by atoms with Crippen LogP contribution in [0.5, 0.6) is 0 Å². The number of piperidine rings is 1. The smallest absolute Gasteiger partial charge is 0.310 e. The number of nitrogens with one attached hydrogen (secondary N) is 1. The number of anilines is 2. The van der Waals surface area contributed by atoms with Crippen LogP contribution in [0.4, 0.5) is 19.7 Å². The molecule has 37 heavy (non-hydrogen) atoms. The van der Waals surface area contributed by atoms with Crippen LogP contribution in [0.1, 0.15) is 31.0 Å². The maximum Gasteiger partial charge on any atom is 0.310 e. The van der Waals surface area contributed by atoms with E-state index < -0.39 is 23.0 Å². The van der Waals surface area contributed by atoms with Crippen molar-refractivity contribution in [3.8, 4) is 0 Å². The van der Waals surface area contributed by atoms with Gasteiger partial charge < -0.3 is 15.2 Å². The summed E-state index contributed by atoms with van der Waals surface area (Å²) in [6, 6.07) is 7.68. The van der Waals surface area contributed by atoms with Crippen molar-refractivity contribution in [2.45, 2.75) is 38.6 Å².